The average molecular weight is 301 g/mol. The van der Waals surface area contributed by atoms with Gasteiger partial charge in [-0.25, -0.2) is 0 Å². The van der Waals surface area contributed by atoms with Crippen molar-refractivity contribution < 1.29 is 9.53 Å². The van der Waals surface area contributed by atoms with E-state index in [-0.39, 0.29) is 24.4 Å². The van der Waals surface area contributed by atoms with E-state index in [0.717, 1.165) is 25.2 Å². The zero-order chi connectivity index (χ0) is 14.1. The molecule has 0 aliphatic heterocycles. The average Bonchev–Trinajstić information content (AvgIpc) is 2.45. The van der Waals surface area contributed by atoms with Crippen LogP contribution >= 0.6 is 12.4 Å². The zero-order valence-corrected chi connectivity index (χ0v) is 13.3. The fourth-order valence-corrected chi connectivity index (χ4v) is 1.49. The van der Waals surface area contributed by atoms with Crippen molar-refractivity contribution in [3.05, 3.63) is 29.8 Å². The molecule has 5 heteroatoms. The SMILES string of the molecule is CCCCOc1ccc(C(=O)NCC(C)NC)cc1.Cl. The van der Waals surface area contributed by atoms with Crippen molar-refractivity contribution in [2.45, 2.75) is 32.7 Å². The van der Waals surface area contributed by atoms with Crippen LogP contribution in [0.25, 0.3) is 0 Å². The summed E-state index contributed by atoms with van der Waals surface area (Å²) in [6, 6.07) is 7.53. The molecule has 20 heavy (non-hydrogen) atoms. The van der Waals surface area contributed by atoms with Crippen LogP contribution in [0.5, 0.6) is 5.75 Å². The molecule has 1 aromatic rings. The zero-order valence-electron chi connectivity index (χ0n) is 12.4. The molecule has 0 radical (unpaired) electrons. The van der Waals surface area contributed by atoms with E-state index in [2.05, 4.69) is 17.6 Å². The largest absolute Gasteiger partial charge is 0.494 e. The summed E-state index contributed by atoms with van der Waals surface area (Å²) in [5.41, 5.74) is 0.658. The van der Waals surface area contributed by atoms with Gasteiger partial charge in [-0.2, -0.15) is 0 Å². The minimum atomic E-state index is -0.0535. The highest BCUT2D eigenvalue weighted by Gasteiger charge is 2.06. The Hall–Kier alpha value is -1.26. The molecule has 0 bridgehead atoms. The molecule has 0 fully saturated rings. The molecule has 0 spiro atoms. The number of carbonyl (C=O) groups excluding carboxylic acids is 1. The third kappa shape index (κ3) is 6.78. The Morgan fingerprint density at radius 1 is 1.30 bits per heavy atom. The van der Waals surface area contributed by atoms with Gasteiger partial charge < -0.3 is 15.4 Å². The van der Waals surface area contributed by atoms with E-state index in [9.17, 15) is 4.79 Å². The number of ether oxygens (including phenoxy) is 1. The molecule has 0 aliphatic rings. The van der Waals surface area contributed by atoms with Crippen molar-refractivity contribution in [3.63, 3.8) is 0 Å². The fraction of sp³-hybridized carbons (Fsp3) is 0.533. The van der Waals surface area contributed by atoms with Crippen molar-refractivity contribution >= 4 is 18.3 Å². The molecule has 114 valence electrons. The molecular formula is C15H25ClN2O2. The van der Waals surface area contributed by atoms with Gasteiger partial charge in [-0.1, -0.05) is 13.3 Å². The van der Waals surface area contributed by atoms with Gasteiger partial charge in [0, 0.05) is 18.2 Å². The summed E-state index contributed by atoms with van der Waals surface area (Å²) in [6.07, 6.45) is 2.16. The number of hydrogen-bond donors (Lipinski definition) is 2. The van der Waals surface area contributed by atoms with Crippen LogP contribution in [0.2, 0.25) is 0 Å². The standard InChI is InChI=1S/C15H24N2O2.ClH/c1-4-5-10-19-14-8-6-13(7-9-14)15(18)17-11-12(2)16-3;/h6-9,12,16H,4-5,10-11H2,1-3H3,(H,17,18);1H. The molecule has 1 aromatic carbocycles. The second-order valence-electron chi connectivity index (χ2n) is 4.63. The van der Waals surface area contributed by atoms with Crippen molar-refractivity contribution in [2.75, 3.05) is 20.2 Å². The van der Waals surface area contributed by atoms with Gasteiger partial charge >= 0.3 is 0 Å². The Kier molecular flexibility index (Phi) is 9.86. The molecular weight excluding hydrogens is 276 g/mol. The molecule has 2 N–H and O–H groups in total. The smallest absolute Gasteiger partial charge is 0.251 e. The maximum absolute atomic E-state index is 11.9. The monoisotopic (exact) mass is 300 g/mol. The highest BCUT2D eigenvalue weighted by atomic mass is 35.5. The normalized spacial score (nSPS) is 11.3. The first kappa shape index (κ1) is 18.7. The second kappa shape index (κ2) is 10.5. The molecule has 0 aromatic heterocycles. The lowest BCUT2D eigenvalue weighted by molar-refractivity contribution is 0.0950. The third-order valence-electron chi connectivity index (χ3n) is 2.94. The Bertz CT molecular complexity index is 382. The number of carbonyl (C=O) groups is 1. The summed E-state index contributed by atoms with van der Waals surface area (Å²) in [7, 11) is 1.87. The highest BCUT2D eigenvalue weighted by Crippen LogP contribution is 2.12. The lowest BCUT2D eigenvalue weighted by Crippen LogP contribution is -2.37. The van der Waals surface area contributed by atoms with E-state index in [4.69, 9.17) is 4.74 Å². The summed E-state index contributed by atoms with van der Waals surface area (Å²) in [5, 5.41) is 5.95. The number of unbranched alkanes of at least 4 members (excludes halogenated alkanes) is 1. The van der Waals surface area contributed by atoms with Crippen LogP contribution in [0.1, 0.15) is 37.0 Å². The molecule has 1 amide bonds. The maximum Gasteiger partial charge on any atom is 0.251 e. The molecule has 4 nitrogen and oxygen atoms in total. The lowest BCUT2D eigenvalue weighted by atomic mass is 10.2. The van der Waals surface area contributed by atoms with Gasteiger partial charge in [0.25, 0.3) is 5.91 Å². The Balaban J connectivity index is 0.00000361. The minimum Gasteiger partial charge on any atom is -0.494 e. The van der Waals surface area contributed by atoms with Crippen LogP contribution in [0, 0.1) is 0 Å². The molecule has 0 heterocycles. The number of rotatable bonds is 8. The molecule has 1 unspecified atom stereocenters. The molecule has 0 aliphatic carbocycles. The topological polar surface area (TPSA) is 50.4 Å². The summed E-state index contributed by atoms with van der Waals surface area (Å²) >= 11 is 0. The van der Waals surface area contributed by atoms with E-state index < -0.39 is 0 Å². The number of amides is 1. The summed E-state index contributed by atoms with van der Waals surface area (Å²) in [5.74, 6) is 0.760. The van der Waals surface area contributed by atoms with Crippen LogP contribution in [0.15, 0.2) is 24.3 Å². The van der Waals surface area contributed by atoms with Gasteiger partial charge in [0.15, 0.2) is 0 Å². The molecule has 0 saturated heterocycles. The number of hydrogen-bond acceptors (Lipinski definition) is 3. The molecule has 1 atom stereocenters. The fourth-order valence-electron chi connectivity index (χ4n) is 1.49. The van der Waals surface area contributed by atoms with Gasteiger partial charge in [0.1, 0.15) is 5.75 Å². The Labute approximate surface area is 127 Å². The van der Waals surface area contributed by atoms with Crippen molar-refractivity contribution in [1.82, 2.24) is 10.6 Å². The van der Waals surface area contributed by atoms with E-state index >= 15 is 0 Å². The molecule has 0 saturated carbocycles. The Morgan fingerprint density at radius 3 is 2.50 bits per heavy atom. The highest BCUT2D eigenvalue weighted by molar-refractivity contribution is 5.94. The molecule has 1 rings (SSSR count). The minimum absolute atomic E-state index is 0. The van der Waals surface area contributed by atoms with Crippen LogP contribution < -0.4 is 15.4 Å². The lowest BCUT2D eigenvalue weighted by Gasteiger charge is -2.11. The van der Waals surface area contributed by atoms with Crippen molar-refractivity contribution in [2.24, 2.45) is 0 Å². The Morgan fingerprint density at radius 2 is 1.95 bits per heavy atom. The van der Waals surface area contributed by atoms with E-state index in [1.165, 1.54) is 0 Å². The number of nitrogens with one attached hydrogen (secondary N) is 2. The van der Waals surface area contributed by atoms with Crippen molar-refractivity contribution in [1.29, 1.82) is 0 Å². The van der Waals surface area contributed by atoms with Gasteiger partial charge in [-0.05, 0) is 44.7 Å². The number of likely N-dealkylation sites (N-methyl/N-ethyl adjacent to an activating group) is 1. The van der Waals surface area contributed by atoms with E-state index in [1.54, 1.807) is 12.1 Å². The van der Waals surface area contributed by atoms with Crippen LogP contribution in [0.3, 0.4) is 0 Å². The summed E-state index contributed by atoms with van der Waals surface area (Å²) in [4.78, 5) is 11.9. The van der Waals surface area contributed by atoms with Gasteiger partial charge in [-0.3, -0.25) is 4.79 Å². The van der Waals surface area contributed by atoms with Crippen LogP contribution in [-0.4, -0.2) is 32.1 Å². The maximum atomic E-state index is 11.9. The predicted molar refractivity (Wildman–Crippen MR) is 84.9 cm³/mol. The summed E-state index contributed by atoms with van der Waals surface area (Å²) in [6.45, 7) is 5.49. The van der Waals surface area contributed by atoms with Crippen LogP contribution in [-0.2, 0) is 0 Å². The van der Waals surface area contributed by atoms with Gasteiger partial charge in [-0.15, -0.1) is 12.4 Å². The van der Waals surface area contributed by atoms with E-state index in [1.807, 2.05) is 26.1 Å². The van der Waals surface area contributed by atoms with Gasteiger partial charge in [0.2, 0.25) is 0 Å². The quantitative estimate of drug-likeness (QED) is 0.726. The number of benzene rings is 1. The first-order valence-corrected chi connectivity index (χ1v) is 6.85. The van der Waals surface area contributed by atoms with E-state index in [0.29, 0.717) is 12.1 Å². The summed E-state index contributed by atoms with van der Waals surface area (Å²) < 4.78 is 5.56. The number of halogens is 1. The predicted octanol–water partition coefficient (Wildman–Crippen LogP) is 2.63. The van der Waals surface area contributed by atoms with Crippen molar-refractivity contribution in [3.8, 4) is 5.75 Å². The second-order valence-corrected chi connectivity index (χ2v) is 4.63. The van der Waals surface area contributed by atoms with Gasteiger partial charge in [0.05, 0.1) is 6.61 Å². The first-order valence-electron chi connectivity index (χ1n) is 6.85. The van der Waals surface area contributed by atoms with Crippen LogP contribution in [0.4, 0.5) is 0 Å². The third-order valence-corrected chi connectivity index (χ3v) is 2.94. The first-order chi connectivity index (χ1) is 9.17.